The highest BCUT2D eigenvalue weighted by molar-refractivity contribution is 5.69. The largest absolute Gasteiger partial charge is 0.481 e. The second-order valence-corrected chi connectivity index (χ2v) is 3.09. The van der Waals surface area contributed by atoms with Crippen LogP contribution in [0.4, 0.5) is 0 Å². The van der Waals surface area contributed by atoms with Crippen LogP contribution in [0.15, 0.2) is 0 Å². The molecule has 0 bridgehead atoms. The van der Waals surface area contributed by atoms with E-state index in [0.717, 1.165) is 0 Å². The van der Waals surface area contributed by atoms with Gasteiger partial charge in [-0.2, -0.15) is 0 Å². The molecule has 0 aliphatic heterocycles. The summed E-state index contributed by atoms with van der Waals surface area (Å²) in [6.07, 6.45) is 1.34. The molecule has 2 atom stereocenters. The average Bonchev–Trinajstić information content (AvgIpc) is 1.87. The molecule has 0 aromatic carbocycles. The highest BCUT2D eigenvalue weighted by Gasteiger charge is 2.14. The second-order valence-electron chi connectivity index (χ2n) is 3.09. The lowest BCUT2D eigenvalue weighted by molar-refractivity contribution is -0.141. The monoisotopic (exact) mass is 160 g/mol. The SMILES string of the molecule is CC(CCO)CC(C)C(=O)O. The van der Waals surface area contributed by atoms with E-state index in [9.17, 15) is 4.79 Å². The third-order valence-corrected chi connectivity index (χ3v) is 1.80. The number of aliphatic carboxylic acids is 1. The summed E-state index contributed by atoms with van der Waals surface area (Å²) in [6.45, 7) is 3.79. The number of carboxylic acids is 1. The molecule has 0 saturated heterocycles. The van der Waals surface area contributed by atoms with Crippen LogP contribution in [0.5, 0.6) is 0 Å². The van der Waals surface area contributed by atoms with Gasteiger partial charge >= 0.3 is 5.97 Å². The van der Waals surface area contributed by atoms with Crippen LogP contribution in [-0.4, -0.2) is 22.8 Å². The van der Waals surface area contributed by atoms with Gasteiger partial charge in [0.1, 0.15) is 0 Å². The quantitative estimate of drug-likeness (QED) is 0.633. The molecule has 2 unspecified atom stereocenters. The number of hydrogen-bond donors (Lipinski definition) is 2. The first-order valence-electron chi connectivity index (χ1n) is 3.91. The normalized spacial score (nSPS) is 15.9. The number of rotatable bonds is 5. The minimum Gasteiger partial charge on any atom is -0.481 e. The molecule has 0 amide bonds. The summed E-state index contributed by atoms with van der Waals surface area (Å²) in [4.78, 5) is 10.4. The number of carboxylic acid groups (broad SMARTS) is 1. The fraction of sp³-hybridized carbons (Fsp3) is 0.875. The van der Waals surface area contributed by atoms with E-state index in [1.807, 2.05) is 6.92 Å². The van der Waals surface area contributed by atoms with Crippen molar-refractivity contribution in [3.63, 3.8) is 0 Å². The molecule has 2 N–H and O–H groups in total. The van der Waals surface area contributed by atoms with Crippen molar-refractivity contribution in [2.45, 2.75) is 26.7 Å². The van der Waals surface area contributed by atoms with Gasteiger partial charge in [0.05, 0.1) is 5.92 Å². The van der Waals surface area contributed by atoms with Crippen LogP contribution in [-0.2, 0) is 4.79 Å². The highest BCUT2D eigenvalue weighted by Crippen LogP contribution is 2.14. The second kappa shape index (κ2) is 5.13. The van der Waals surface area contributed by atoms with Gasteiger partial charge in [-0.1, -0.05) is 13.8 Å². The number of aliphatic hydroxyl groups excluding tert-OH is 1. The molecule has 0 fully saturated rings. The molecule has 3 heteroatoms. The maximum absolute atomic E-state index is 10.4. The van der Waals surface area contributed by atoms with E-state index in [-0.39, 0.29) is 12.5 Å². The molecule has 0 rings (SSSR count). The van der Waals surface area contributed by atoms with E-state index < -0.39 is 5.97 Å². The first-order chi connectivity index (χ1) is 5.07. The number of aliphatic hydroxyl groups is 1. The van der Waals surface area contributed by atoms with Crippen molar-refractivity contribution < 1.29 is 15.0 Å². The molecule has 0 aromatic heterocycles. The number of hydrogen-bond acceptors (Lipinski definition) is 2. The Morgan fingerprint density at radius 3 is 2.36 bits per heavy atom. The third-order valence-electron chi connectivity index (χ3n) is 1.80. The Morgan fingerprint density at radius 1 is 1.45 bits per heavy atom. The molecule has 0 heterocycles. The fourth-order valence-electron chi connectivity index (χ4n) is 1.04. The maximum atomic E-state index is 10.4. The van der Waals surface area contributed by atoms with Crippen molar-refractivity contribution >= 4 is 5.97 Å². The van der Waals surface area contributed by atoms with Gasteiger partial charge < -0.3 is 10.2 Å². The average molecular weight is 160 g/mol. The summed E-state index contributed by atoms with van der Waals surface area (Å²) < 4.78 is 0. The Bertz CT molecular complexity index is 123. The van der Waals surface area contributed by atoms with Crippen molar-refractivity contribution in [1.82, 2.24) is 0 Å². The Hall–Kier alpha value is -0.570. The van der Waals surface area contributed by atoms with E-state index in [4.69, 9.17) is 10.2 Å². The van der Waals surface area contributed by atoms with Crippen molar-refractivity contribution in [3.05, 3.63) is 0 Å². The minimum atomic E-state index is -0.755. The summed E-state index contributed by atoms with van der Waals surface area (Å²) in [6, 6.07) is 0. The van der Waals surface area contributed by atoms with E-state index in [1.54, 1.807) is 6.92 Å². The molecule has 66 valence electrons. The van der Waals surface area contributed by atoms with Crippen LogP contribution in [0.25, 0.3) is 0 Å². The van der Waals surface area contributed by atoms with Crippen LogP contribution >= 0.6 is 0 Å². The van der Waals surface area contributed by atoms with Crippen LogP contribution in [0.1, 0.15) is 26.7 Å². The number of carbonyl (C=O) groups is 1. The Kier molecular flexibility index (Phi) is 4.86. The Balaban J connectivity index is 3.56. The fourth-order valence-corrected chi connectivity index (χ4v) is 1.04. The van der Waals surface area contributed by atoms with Gasteiger partial charge in [-0.3, -0.25) is 4.79 Å². The molecule has 0 aliphatic carbocycles. The zero-order valence-electron chi connectivity index (χ0n) is 7.08. The zero-order valence-corrected chi connectivity index (χ0v) is 7.08. The molecule has 0 aromatic rings. The predicted octanol–water partition coefficient (Wildman–Crippen LogP) is 1.12. The van der Waals surface area contributed by atoms with Gasteiger partial charge in [0.2, 0.25) is 0 Å². The van der Waals surface area contributed by atoms with Gasteiger partial charge in [-0.05, 0) is 18.8 Å². The van der Waals surface area contributed by atoms with Crippen LogP contribution in [0, 0.1) is 11.8 Å². The first kappa shape index (κ1) is 10.4. The Labute approximate surface area is 67.0 Å². The summed E-state index contributed by atoms with van der Waals surface area (Å²) in [5.41, 5.74) is 0. The van der Waals surface area contributed by atoms with Crippen molar-refractivity contribution in [1.29, 1.82) is 0 Å². The van der Waals surface area contributed by atoms with Crippen molar-refractivity contribution in [2.75, 3.05) is 6.61 Å². The summed E-state index contributed by atoms with van der Waals surface area (Å²) >= 11 is 0. The van der Waals surface area contributed by atoms with Crippen LogP contribution in [0.3, 0.4) is 0 Å². The lowest BCUT2D eigenvalue weighted by atomic mass is 9.95. The molecule has 3 nitrogen and oxygen atoms in total. The molecule has 0 aliphatic rings. The summed E-state index contributed by atoms with van der Waals surface area (Å²) in [5, 5.41) is 17.1. The predicted molar refractivity (Wildman–Crippen MR) is 42.3 cm³/mol. The van der Waals surface area contributed by atoms with Gasteiger partial charge in [-0.25, -0.2) is 0 Å². The molecule has 0 spiro atoms. The highest BCUT2D eigenvalue weighted by atomic mass is 16.4. The maximum Gasteiger partial charge on any atom is 0.306 e. The van der Waals surface area contributed by atoms with Gasteiger partial charge in [0.25, 0.3) is 0 Å². The molecule has 11 heavy (non-hydrogen) atoms. The van der Waals surface area contributed by atoms with Gasteiger partial charge in [0.15, 0.2) is 0 Å². The minimum absolute atomic E-state index is 0.146. The van der Waals surface area contributed by atoms with Crippen molar-refractivity contribution in [2.24, 2.45) is 11.8 Å². The van der Waals surface area contributed by atoms with E-state index in [2.05, 4.69) is 0 Å². The van der Waals surface area contributed by atoms with E-state index in [1.165, 1.54) is 0 Å². The van der Waals surface area contributed by atoms with Crippen molar-refractivity contribution in [3.8, 4) is 0 Å². The smallest absolute Gasteiger partial charge is 0.306 e. The van der Waals surface area contributed by atoms with E-state index >= 15 is 0 Å². The van der Waals surface area contributed by atoms with Crippen LogP contribution in [0.2, 0.25) is 0 Å². The first-order valence-corrected chi connectivity index (χ1v) is 3.91. The lowest BCUT2D eigenvalue weighted by Gasteiger charge is -2.11. The van der Waals surface area contributed by atoms with Gasteiger partial charge in [0, 0.05) is 6.61 Å². The van der Waals surface area contributed by atoms with Crippen LogP contribution < -0.4 is 0 Å². The lowest BCUT2D eigenvalue weighted by Crippen LogP contribution is -2.13. The molecular weight excluding hydrogens is 144 g/mol. The zero-order chi connectivity index (χ0) is 8.85. The Morgan fingerprint density at radius 2 is 2.00 bits per heavy atom. The summed E-state index contributed by atoms with van der Waals surface area (Å²) in [5.74, 6) is -0.752. The molecule has 0 radical (unpaired) electrons. The standard InChI is InChI=1S/C8H16O3/c1-6(3-4-9)5-7(2)8(10)11/h6-7,9H,3-5H2,1-2H3,(H,10,11). The van der Waals surface area contributed by atoms with Gasteiger partial charge in [-0.15, -0.1) is 0 Å². The molecule has 0 saturated carbocycles. The summed E-state index contributed by atoms with van der Waals surface area (Å²) in [7, 11) is 0. The third kappa shape index (κ3) is 4.79. The molecular formula is C8H16O3. The topological polar surface area (TPSA) is 57.5 Å². The van der Waals surface area contributed by atoms with E-state index in [0.29, 0.717) is 18.8 Å².